The highest BCUT2D eigenvalue weighted by Crippen LogP contribution is 2.43. The lowest BCUT2D eigenvalue weighted by molar-refractivity contribution is -0.161. The number of unbranched alkanes of at least 4 members (excludes halogenated alkanes) is 14. The van der Waals surface area contributed by atoms with E-state index >= 15 is 0 Å². The first-order valence-corrected chi connectivity index (χ1v) is 21.8. The van der Waals surface area contributed by atoms with Crippen molar-refractivity contribution in [1.82, 2.24) is 0 Å². The quantitative estimate of drug-likeness (QED) is 0.0275. The molecule has 2 atom stereocenters. The molecule has 2 unspecified atom stereocenters. The zero-order chi connectivity index (χ0) is 38.2. The number of phosphoric ester groups is 1. The first-order valence-electron chi connectivity index (χ1n) is 20.3. The van der Waals surface area contributed by atoms with Gasteiger partial charge in [0.05, 0.1) is 13.2 Å². The molecule has 0 fully saturated rings. The number of rotatable bonds is 37. The van der Waals surface area contributed by atoms with E-state index in [4.69, 9.17) is 24.3 Å². The van der Waals surface area contributed by atoms with Gasteiger partial charge in [-0.05, 0) is 77.0 Å². The Balaban J connectivity index is 4.28. The third-order valence-electron chi connectivity index (χ3n) is 8.14. The van der Waals surface area contributed by atoms with Crippen LogP contribution in [0.2, 0.25) is 0 Å². The number of phosphoric acid groups is 1. The minimum Gasteiger partial charge on any atom is -0.462 e. The molecule has 0 rings (SSSR count). The molecule has 0 bridgehead atoms. The first kappa shape index (κ1) is 49.7. The average molecular weight is 752 g/mol. The van der Waals surface area contributed by atoms with Gasteiger partial charge in [0.2, 0.25) is 0 Å². The summed E-state index contributed by atoms with van der Waals surface area (Å²) in [6.45, 7) is 3.54. The lowest BCUT2D eigenvalue weighted by Gasteiger charge is -2.19. The van der Waals surface area contributed by atoms with E-state index in [1.54, 1.807) is 0 Å². The number of hydrogen-bond donors (Lipinski definition) is 2. The Hall–Kier alpha value is -2.29. The minimum atomic E-state index is -4.39. The maximum Gasteiger partial charge on any atom is 0.472 e. The van der Waals surface area contributed by atoms with Gasteiger partial charge in [-0.1, -0.05) is 132 Å². The van der Waals surface area contributed by atoms with Gasteiger partial charge in [-0.15, -0.1) is 0 Å². The SMILES string of the molecule is CC/C=C\C/C=C\C/C=C\C/C=C\CCCCC(=O)OC(COC(=O)CCCCCCC/C=C\CCCCCCCCC)COP(=O)(O)OCCN. The van der Waals surface area contributed by atoms with Gasteiger partial charge < -0.3 is 20.1 Å². The summed E-state index contributed by atoms with van der Waals surface area (Å²) in [5.74, 6) is -0.892. The fraction of sp³-hybridized carbons (Fsp3) is 0.714. The van der Waals surface area contributed by atoms with Crippen molar-refractivity contribution in [1.29, 1.82) is 0 Å². The topological polar surface area (TPSA) is 134 Å². The molecule has 0 saturated carbocycles. The summed E-state index contributed by atoms with van der Waals surface area (Å²) < 4.78 is 32.6. The van der Waals surface area contributed by atoms with Crippen molar-refractivity contribution in [3.8, 4) is 0 Å². The van der Waals surface area contributed by atoms with Gasteiger partial charge in [0.1, 0.15) is 6.61 Å². The number of esters is 2. The first-order chi connectivity index (χ1) is 25.3. The van der Waals surface area contributed by atoms with Gasteiger partial charge >= 0.3 is 19.8 Å². The third-order valence-corrected chi connectivity index (χ3v) is 9.12. The Kier molecular flexibility index (Phi) is 36.7. The van der Waals surface area contributed by atoms with Crippen LogP contribution in [0.3, 0.4) is 0 Å². The average Bonchev–Trinajstić information content (AvgIpc) is 3.13. The van der Waals surface area contributed by atoms with Crippen molar-refractivity contribution < 1.29 is 37.6 Å². The second kappa shape index (κ2) is 38.4. The molecule has 0 aliphatic carbocycles. The van der Waals surface area contributed by atoms with Gasteiger partial charge in [0, 0.05) is 19.4 Å². The van der Waals surface area contributed by atoms with Crippen LogP contribution in [0.25, 0.3) is 0 Å². The number of allylic oxidation sites excluding steroid dienone is 10. The Morgan fingerprint density at radius 1 is 0.596 bits per heavy atom. The van der Waals surface area contributed by atoms with Crippen LogP contribution in [0, 0.1) is 0 Å². The molecule has 0 aromatic carbocycles. The lowest BCUT2D eigenvalue weighted by Crippen LogP contribution is -2.29. The fourth-order valence-electron chi connectivity index (χ4n) is 5.15. The molecule has 0 radical (unpaired) electrons. The van der Waals surface area contributed by atoms with E-state index in [0.29, 0.717) is 12.8 Å². The zero-order valence-electron chi connectivity index (χ0n) is 32.8. The molecule has 0 aliphatic heterocycles. The van der Waals surface area contributed by atoms with Crippen LogP contribution in [0.15, 0.2) is 60.8 Å². The number of carbonyl (C=O) groups is 2. The van der Waals surface area contributed by atoms with Crippen LogP contribution in [-0.2, 0) is 32.7 Å². The molecular weight excluding hydrogens is 677 g/mol. The van der Waals surface area contributed by atoms with E-state index in [-0.39, 0.29) is 32.6 Å². The Morgan fingerprint density at radius 3 is 1.63 bits per heavy atom. The van der Waals surface area contributed by atoms with Crippen LogP contribution in [-0.4, -0.2) is 49.3 Å². The predicted octanol–water partition coefficient (Wildman–Crippen LogP) is 11.3. The maximum absolute atomic E-state index is 12.5. The van der Waals surface area contributed by atoms with Crippen molar-refractivity contribution in [3.63, 3.8) is 0 Å². The van der Waals surface area contributed by atoms with Crippen LogP contribution in [0.1, 0.15) is 162 Å². The normalized spacial score (nSPS) is 14.0. The molecule has 300 valence electrons. The number of carbonyl (C=O) groups excluding carboxylic acids is 2. The van der Waals surface area contributed by atoms with Crippen molar-refractivity contribution in [2.45, 2.75) is 168 Å². The largest absolute Gasteiger partial charge is 0.472 e. The van der Waals surface area contributed by atoms with Crippen LogP contribution in [0.5, 0.6) is 0 Å². The highest BCUT2D eigenvalue weighted by molar-refractivity contribution is 7.47. The highest BCUT2D eigenvalue weighted by Gasteiger charge is 2.25. The van der Waals surface area contributed by atoms with Crippen LogP contribution < -0.4 is 5.73 Å². The third kappa shape index (κ3) is 37.5. The summed E-state index contributed by atoms with van der Waals surface area (Å²) in [7, 11) is -4.39. The molecule has 3 N–H and O–H groups in total. The monoisotopic (exact) mass is 752 g/mol. The molecule has 0 aromatic rings. The molecule has 52 heavy (non-hydrogen) atoms. The van der Waals surface area contributed by atoms with Gasteiger partial charge in [-0.2, -0.15) is 0 Å². The van der Waals surface area contributed by atoms with E-state index in [9.17, 15) is 19.0 Å². The van der Waals surface area contributed by atoms with Crippen molar-refractivity contribution in [2.75, 3.05) is 26.4 Å². The van der Waals surface area contributed by atoms with E-state index in [2.05, 4.69) is 74.6 Å². The van der Waals surface area contributed by atoms with Crippen molar-refractivity contribution in [2.24, 2.45) is 5.73 Å². The molecule has 10 heteroatoms. The van der Waals surface area contributed by atoms with Gasteiger partial charge in [-0.3, -0.25) is 18.6 Å². The summed E-state index contributed by atoms with van der Waals surface area (Å²) in [5.41, 5.74) is 5.33. The molecular formula is C42H74NO8P. The summed E-state index contributed by atoms with van der Waals surface area (Å²) in [4.78, 5) is 34.8. The Morgan fingerprint density at radius 2 is 1.06 bits per heavy atom. The summed E-state index contributed by atoms with van der Waals surface area (Å²) in [6, 6.07) is 0. The standard InChI is InChI=1S/C42H74NO8P/c1-3-5-7-9-11-13-15-17-19-21-22-24-26-28-30-32-34-41(44)48-38-40(39-50-52(46,47)49-37-36-43)51-42(45)35-33-31-29-27-25-23-20-18-16-14-12-10-8-6-4-2/h6,8,12,14,18-21,25,27,40H,3-5,7,9-11,13,15-17,22-24,26,28-39,43H2,1-2H3,(H,46,47)/b8-6-,14-12-,20-18-,21-19-,27-25-. The Bertz CT molecular complexity index is 1040. The molecule has 9 nitrogen and oxygen atoms in total. The van der Waals surface area contributed by atoms with Crippen LogP contribution in [0.4, 0.5) is 0 Å². The number of nitrogens with two attached hydrogens (primary N) is 1. The molecule has 0 amide bonds. The number of ether oxygens (including phenoxy) is 2. The van der Waals surface area contributed by atoms with Crippen LogP contribution >= 0.6 is 7.82 Å². The minimum absolute atomic E-state index is 0.0429. The summed E-state index contributed by atoms with van der Waals surface area (Å²) in [6.07, 6.45) is 44.0. The smallest absolute Gasteiger partial charge is 0.462 e. The van der Waals surface area contributed by atoms with Gasteiger partial charge in [-0.25, -0.2) is 4.57 Å². The van der Waals surface area contributed by atoms with E-state index in [0.717, 1.165) is 70.6 Å². The predicted molar refractivity (Wildman–Crippen MR) is 215 cm³/mol. The Labute approximate surface area is 317 Å². The second-order valence-electron chi connectivity index (χ2n) is 13.1. The zero-order valence-corrected chi connectivity index (χ0v) is 33.7. The second-order valence-corrected chi connectivity index (χ2v) is 14.6. The molecule has 0 aliphatic rings. The van der Waals surface area contributed by atoms with Gasteiger partial charge in [0.25, 0.3) is 0 Å². The summed E-state index contributed by atoms with van der Waals surface area (Å²) >= 11 is 0. The van der Waals surface area contributed by atoms with Gasteiger partial charge in [0.15, 0.2) is 6.10 Å². The van der Waals surface area contributed by atoms with E-state index < -0.39 is 32.5 Å². The van der Waals surface area contributed by atoms with Crippen molar-refractivity contribution in [3.05, 3.63) is 60.8 Å². The maximum atomic E-state index is 12.5. The summed E-state index contributed by atoms with van der Waals surface area (Å²) in [5, 5.41) is 0. The van der Waals surface area contributed by atoms with E-state index in [1.807, 2.05) is 0 Å². The molecule has 0 heterocycles. The fourth-order valence-corrected chi connectivity index (χ4v) is 5.91. The van der Waals surface area contributed by atoms with E-state index in [1.165, 1.54) is 51.4 Å². The highest BCUT2D eigenvalue weighted by atomic mass is 31.2. The molecule has 0 spiro atoms. The number of hydrogen-bond acceptors (Lipinski definition) is 8. The molecule has 0 aromatic heterocycles. The van der Waals surface area contributed by atoms with Crippen molar-refractivity contribution >= 4 is 19.8 Å². The lowest BCUT2D eigenvalue weighted by atomic mass is 10.1. The molecule has 0 saturated heterocycles.